The van der Waals surface area contributed by atoms with Crippen LogP contribution in [0.5, 0.6) is 0 Å². The SMILES string of the molecule is CCN(CC)C(=O)CSc1nc2ccccc2c(=O)n1C(C)c1ccccc1. The lowest BCUT2D eigenvalue weighted by molar-refractivity contribution is -0.127. The van der Waals surface area contributed by atoms with Crippen molar-refractivity contribution in [3.63, 3.8) is 0 Å². The van der Waals surface area contributed by atoms with Gasteiger partial charge in [0.15, 0.2) is 5.16 Å². The molecule has 28 heavy (non-hydrogen) atoms. The third-order valence-corrected chi connectivity index (χ3v) is 5.82. The highest BCUT2D eigenvalue weighted by Gasteiger charge is 2.19. The number of aromatic nitrogens is 2. The molecule has 2 aromatic carbocycles. The lowest BCUT2D eigenvalue weighted by Crippen LogP contribution is -2.32. The fourth-order valence-corrected chi connectivity index (χ4v) is 4.22. The monoisotopic (exact) mass is 395 g/mol. The van der Waals surface area contributed by atoms with Gasteiger partial charge in [-0.15, -0.1) is 0 Å². The number of carbonyl (C=O) groups is 1. The van der Waals surface area contributed by atoms with Crippen molar-refractivity contribution in [2.75, 3.05) is 18.8 Å². The van der Waals surface area contributed by atoms with Gasteiger partial charge in [-0.1, -0.05) is 54.2 Å². The number of hydrogen-bond donors (Lipinski definition) is 0. The first kappa shape index (κ1) is 20.1. The molecule has 1 heterocycles. The van der Waals surface area contributed by atoms with Gasteiger partial charge in [0.2, 0.25) is 5.91 Å². The molecule has 0 aliphatic carbocycles. The molecule has 1 atom stereocenters. The number of thioether (sulfide) groups is 1. The highest BCUT2D eigenvalue weighted by Crippen LogP contribution is 2.25. The lowest BCUT2D eigenvalue weighted by Gasteiger charge is -2.21. The van der Waals surface area contributed by atoms with Gasteiger partial charge in [-0.3, -0.25) is 14.2 Å². The van der Waals surface area contributed by atoms with E-state index in [-0.39, 0.29) is 23.3 Å². The molecule has 0 radical (unpaired) electrons. The van der Waals surface area contributed by atoms with E-state index in [1.165, 1.54) is 11.8 Å². The predicted molar refractivity (Wildman–Crippen MR) is 115 cm³/mol. The maximum atomic E-state index is 13.3. The summed E-state index contributed by atoms with van der Waals surface area (Å²) in [6.07, 6.45) is 0. The smallest absolute Gasteiger partial charge is 0.262 e. The first-order valence-corrected chi connectivity index (χ1v) is 10.5. The van der Waals surface area contributed by atoms with Crippen LogP contribution in [-0.4, -0.2) is 39.2 Å². The van der Waals surface area contributed by atoms with E-state index in [1.54, 1.807) is 15.5 Å². The Kier molecular flexibility index (Phi) is 6.52. The van der Waals surface area contributed by atoms with Crippen molar-refractivity contribution in [1.82, 2.24) is 14.5 Å². The van der Waals surface area contributed by atoms with E-state index in [0.29, 0.717) is 29.1 Å². The van der Waals surface area contributed by atoms with Crippen molar-refractivity contribution >= 4 is 28.6 Å². The highest BCUT2D eigenvalue weighted by atomic mass is 32.2. The minimum atomic E-state index is -0.183. The molecule has 6 heteroatoms. The van der Waals surface area contributed by atoms with E-state index >= 15 is 0 Å². The molecule has 0 aliphatic heterocycles. The fraction of sp³-hybridized carbons (Fsp3) is 0.318. The van der Waals surface area contributed by atoms with Gasteiger partial charge >= 0.3 is 0 Å². The van der Waals surface area contributed by atoms with Crippen LogP contribution in [0, 0.1) is 0 Å². The number of fused-ring (bicyclic) bond motifs is 1. The van der Waals surface area contributed by atoms with E-state index in [1.807, 2.05) is 69.3 Å². The summed E-state index contributed by atoms with van der Waals surface area (Å²) in [5.41, 5.74) is 1.60. The summed E-state index contributed by atoms with van der Waals surface area (Å²) in [5, 5.41) is 1.16. The first-order valence-electron chi connectivity index (χ1n) is 9.53. The summed E-state index contributed by atoms with van der Waals surface area (Å²) in [5.74, 6) is 0.310. The zero-order chi connectivity index (χ0) is 20.1. The molecular weight excluding hydrogens is 370 g/mol. The van der Waals surface area contributed by atoms with Crippen LogP contribution < -0.4 is 5.56 Å². The normalized spacial score (nSPS) is 12.1. The van der Waals surface area contributed by atoms with Gasteiger partial charge < -0.3 is 4.90 Å². The van der Waals surface area contributed by atoms with E-state index in [2.05, 4.69) is 0 Å². The first-order chi connectivity index (χ1) is 13.6. The van der Waals surface area contributed by atoms with Crippen molar-refractivity contribution in [1.29, 1.82) is 0 Å². The summed E-state index contributed by atoms with van der Waals surface area (Å²) >= 11 is 1.33. The molecule has 0 aliphatic rings. The Morgan fingerprint density at radius 2 is 1.71 bits per heavy atom. The molecule has 0 bridgehead atoms. The summed E-state index contributed by atoms with van der Waals surface area (Å²) in [6.45, 7) is 7.27. The van der Waals surface area contributed by atoms with Gasteiger partial charge in [-0.2, -0.15) is 0 Å². The molecule has 5 nitrogen and oxygen atoms in total. The maximum Gasteiger partial charge on any atom is 0.262 e. The zero-order valence-electron chi connectivity index (χ0n) is 16.5. The van der Waals surface area contributed by atoms with Crippen LogP contribution in [0.3, 0.4) is 0 Å². The molecule has 0 saturated carbocycles. The van der Waals surface area contributed by atoms with Crippen LogP contribution in [0.4, 0.5) is 0 Å². The summed E-state index contributed by atoms with van der Waals surface area (Å²) in [4.78, 5) is 32.2. The maximum absolute atomic E-state index is 13.3. The highest BCUT2D eigenvalue weighted by molar-refractivity contribution is 7.99. The number of nitrogens with zero attached hydrogens (tertiary/aromatic N) is 3. The lowest BCUT2D eigenvalue weighted by atomic mass is 10.1. The van der Waals surface area contributed by atoms with Crippen LogP contribution in [0.15, 0.2) is 64.5 Å². The van der Waals surface area contributed by atoms with Crippen molar-refractivity contribution in [2.24, 2.45) is 0 Å². The largest absolute Gasteiger partial charge is 0.343 e. The topological polar surface area (TPSA) is 55.2 Å². The molecule has 1 unspecified atom stereocenters. The molecule has 0 spiro atoms. The second-order valence-corrected chi connectivity index (χ2v) is 7.47. The summed E-state index contributed by atoms with van der Waals surface area (Å²) in [6, 6.07) is 17.1. The van der Waals surface area contributed by atoms with Crippen molar-refractivity contribution in [2.45, 2.75) is 32.0 Å². The van der Waals surface area contributed by atoms with Crippen LogP contribution >= 0.6 is 11.8 Å². The van der Waals surface area contributed by atoms with Gasteiger partial charge in [-0.05, 0) is 38.5 Å². The van der Waals surface area contributed by atoms with Gasteiger partial charge in [0.1, 0.15) is 0 Å². The number of rotatable bonds is 7. The fourth-order valence-electron chi connectivity index (χ4n) is 3.24. The van der Waals surface area contributed by atoms with Gasteiger partial charge in [0, 0.05) is 13.1 Å². The molecule has 0 fully saturated rings. The van der Waals surface area contributed by atoms with E-state index in [0.717, 1.165) is 5.56 Å². The third kappa shape index (κ3) is 4.12. The Morgan fingerprint density at radius 1 is 1.07 bits per heavy atom. The number of benzene rings is 2. The van der Waals surface area contributed by atoms with Crippen molar-refractivity contribution in [3.8, 4) is 0 Å². The number of amides is 1. The average molecular weight is 396 g/mol. The Balaban J connectivity index is 2.04. The average Bonchev–Trinajstić information content (AvgIpc) is 2.73. The Labute approximate surface area is 169 Å². The molecule has 1 aromatic heterocycles. The summed E-state index contributed by atoms with van der Waals surface area (Å²) < 4.78 is 1.71. The Morgan fingerprint density at radius 3 is 2.39 bits per heavy atom. The van der Waals surface area contributed by atoms with Crippen molar-refractivity contribution < 1.29 is 4.79 Å². The minimum Gasteiger partial charge on any atom is -0.343 e. The summed E-state index contributed by atoms with van der Waals surface area (Å²) in [7, 11) is 0. The number of para-hydroxylation sites is 1. The molecule has 146 valence electrons. The zero-order valence-corrected chi connectivity index (χ0v) is 17.3. The van der Waals surface area contributed by atoms with Crippen molar-refractivity contribution in [3.05, 3.63) is 70.5 Å². The van der Waals surface area contributed by atoms with Crippen LogP contribution in [0.25, 0.3) is 10.9 Å². The molecule has 0 N–H and O–H groups in total. The van der Waals surface area contributed by atoms with Crippen LogP contribution in [-0.2, 0) is 4.79 Å². The van der Waals surface area contributed by atoms with Gasteiger partial charge in [-0.25, -0.2) is 4.98 Å². The number of carbonyl (C=O) groups excluding carboxylic acids is 1. The number of hydrogen-bond acceptors (Lipinski definition) is 4. The third-order valence-electron chi connectivity index (χ3n) is 4.89. The molecule has 0 saturated heterocycles. The molecule has 3 rings (SSSR count). The van der Waals surface area contributed by atoms with Gasteiger partial charge in [0.05, 0.1) is 22.7 Å². The van der Waals surface area contributed by atoms with E-state index in [4.69, 9.17) is 4.98 Å². The van der Waals surface area contributed by atoms with Gasteiger partial charge in [0.25, 0.3) is 5.56 Å². The van der Waals surface area contributed by atoms with Crippen LogP contribution in [0.1, 0.15) is 32.4 Å². The second kappa shape index (κ2) is 9.06. The Hall–Kier alpha value is -2.60. The van der Waals surface area contributed by atoms with E-state index in [9.17, 15) is 9.59 Å². The minimum absolute atomic E-state index is 0.0521. The molecule has 3 aromatic rings. The Bertz CT molecular complexity index is 1010. The predicted octanol–water partition coefficient (Wildman–Crippen LogP) is 3.97. The second-order valence-electron chi connectivity index (χ2n) is 6.53. The quantitative estimate of drug-likeness (QED) is 0.449. The van der Waals surface area contributed by atoms with Crippen LogP contribution in [0.2, 0.25) is 0 Å². The molecule has 1 amide bonds. The standard InChI is InChI=1S/C22H25N3O2S/c1-4-24(5-2)20(26)15-28-22-23-19-14-10-9-13-18(19)21(27)25(22)16(3)17-11-7-6-8-12-17/h6-14,16H,4-5,15H2,1-3H3. The molecular formula is C22H25N3O2S. The van der Waals surface area contributed by atoms with E-state index < -0.39 is 0 Å².